The molecule has 1 unspecified atom stereocenters. The zero-order valence-corrected chi connectivity index (χ0v) is 15.0. The number of aryl methyl sites for hydroxylation is 1. The monoisotopic (exact) mass is 341 g/mol. The molecule has 0 spiro atoms. The predicted octanol–water partition coefficient (Wildman–Crippen LogP) is 3.14. The van der Waals surface area contributed by atoms with Crippen LogP contribution in [-0.4, -0.2) is 43.5 Å². The lowest BCUT2D eigenvalue weighted by Gasteiger charge is -2.33. The Morgan fingerprint density at radius 3 is 2.76 bits per heavy atom. The van der Waals surface area contributed by atoms with Crippen molar-refractivity contribution >= 4 is 5.91 Å². The first-order valence-corrected chi connectivity index (χ1v) is 9.54. The molecule has 6 heteroatoms. The SMILES string of the molecule is Cn1cc(C(=O)N2CCCC(n3cccn3)C2)c(C2CCCCC2)n1. The van der Waals surface area contributed by atoms with Gasteiger partial charge in [-0.15, -0.1) is 0 Å². The molecule has 2 aliphatic rings. The van der Waals surface area contributed by atoms with Crippen molar-refractivity contribution in [1.29, 1.82) is 0 Å². The van der Waals surface area contributed by atoms with E-state index >= 15 is 0 Å². The first-order valence-electron chi connectivity index (χ1n) is 9.54. The summed E-state index contributed by atoms with van der Waals surface area (Å²) in [5.74, 6) is 0.589. The summed E-state index contributed by atoms with van der Waals surface area (Å²) in [5.41, 5.74) is 1.84. The highest BCUT2D eigenvalue weighted by Gasteiger charge is 2.30. The molecule has 0 aromatic carbocycles. The molecule has 2 fully saturated rings. The van der Waals surface area contributed by atoms with Crippen molar-refractivity contribution in [3.05, 3.63) is 35.9 Å². The smallest absolute Gasteiger partial charge is 0.257 e. The van der Waals surface area contributed by atoms with E-state index in [0.29, 0.717) is 5.92 Å². The number of amides is 1. The van der Waals surface area contributed by atoms with Gasteiger partial charge in [-0.25, -0.2) is 0 Å². The van der Waals surface area contributed by atoms with E-state index in [4.69, 9.17) is 0 Å². The molecular weight excluding hydrogens is 314 g/mol. The minimum Gasteiger partial charge on any atom is -0.336 e. The minimum atomic E-state index is 0.144. The molecule has 3 heterocycles. The Morgan fingerprint density at radius 1 is 1.16 bits per heavy atom. The number of aromatic nitrogens is 4. The van der Waals surface area contributed by atoms with Crippen molar-refractivity contribution in [3.8, 4) is 0 Å². The summed E-state index contributed by atoms with van der Waals surface area (Å²) in [4.78, 5) is 15.2. The number of nitrogens with zero attached hydrogens (tertiary/aromatic N) is 5. The summed E-state index contributed by atoms with van der Waals surface area (Å²) in [6.45, 7) is 1.56. The van der Waals surface area contributed by atoms with E-state index in [-0.39, 0.29) is 11.9 Å². The quantitative estimate of drug-likeness (QED) is 0.862. The van der Waals surface area contributed by atoms with Gasteiger partial charge in [0.15, 0.2) is 0 Å². The molecule has 2 aromatic rings. The first-order chi connectivity index (χ1) is 12.2. The Bertz CT molecular complexity index is 714. The third kappa shape index (κ3) is 3.34. The van der Waals surface area contributed by atoms with Crippen molar-refractivity contribution in [2.24, 2.45) is 7.05 Å². The summed E-state index contributed by atoms with van der Waals surface area (Å²) >= 11 is 0. The van der Waals surface area contributed by atoms with Crippen LogP contribution in [0.2, 0.25) is 0 Å². The van der Waals surface area contributed by atoms with Crippen molar-refractivity contribution in [2.45, 2.75) is 56.9 Å². The molecule has 1 saturated heterocycles. The molecule has 1 aliphatic heterocycles. The van der Waals surface area contributed by atoms with E-state index in [9.17, 15) is 4.79 Å². The second-order valence-corrected chi connectivity index (χ2v) is 7.47. The molecule has 1 atom stereocenters. The molecule has 1 amide bonds. The lowest BCUT2D eigenvalue weighted by atomic mass is 9.85. The fourth-order valence-electron chi connectivity index (χ4n) is 4.37. The third-order valence-electron chi connectivity index (χ3n) is 5.66. The second kappa shape index (κ2) is 7.02. The van der Waals surface area contributed by atoms with Crippen LogP contribution < -0.4 is 0 Å². The van der Waals surface area contributed by atoms with E-state index in [1.165, 1.54) is 19.3 Å². The van der Waals surface area contributed by atoms with Gasteiger partial charge in [0, 0.05) is 44.6 Å². The van der Waals surface area contributed by atoms with Crippen molar-refractivity contribution in [2.75, 3.05) is 13.1 Å². The number of likely N-dealkylation sites (tertiary alicyclic amines) is 1. The lowest BCUT2D eigenvalue weighted by molar-refractivity contribution is 0.0671. The zero-order chi connectivity index (χ0) is 17.2. The largest absolute Gasteiger partial charge is 0.336 e. The standard InChI is InChI=1S/C19H27N5O/c1-22-14-17(18(21-22)15-7-3-2-4-8-15)19(25)23-11-5-9-16(13-23)24-12-6-10-20-24/h6,10,12,14-16H,2-5,7-9,11,13H2,1H3. The summed E-state index contributed by atoms with van der Waals surface area (Å²) < 4.78 is 3.80. The molecule has 4 rings (SSSR count). The topological polar surface area (TPSA) is 56.0 Å². The average Bonchev–Trinajstić information content (AvgIpc) is 3.32. The molecule has 2 aromatic heterocycles. The maximum absolute atomic E-state index is 13.2. The van der Waals surface area contributed by atoms with E-state index in [2.05, 4.69) is 10.2 Å². The van der Waals surface area contributed by atoms with Crippen LogP contribution in [0.1, 0.15) is 73.0 Å². The van der Waals surface area contributed by atoms with Crippen molar-refractivity contribution < 1.29 is 4.79 Å². The van der Waals surface area contributed by atoms with Gasteiger partial charge in [0.25, 0.3) is 5.91 Å². The Hall–Kier alpha value is -2.11. The normalized spacial score (nSPS) is 22.3. The van der Waals surface area contributed by atoms with Crippen LogP contribution in [0.15, 0.2) is 24.7 Å². The molecule has 1 aliphatic carbocycles. The summed E-state index contributed by atoms with van der Waals surface area (Å²) in [5, 5.41) is 9.03. The molecule has 25 heavy (non-hydrogen) atoms. The number of rotatable bonds is 3. The van der Waals surface area contributed by atoms with E-state index in [0.717, 1.165) is 50.0 Å². The van der Waals surface area contributed by atoms with Crippen LogP contribution >= 0.6 is 0 Å². The zero-order valence-electron chi connectivity index (χ0n) is 15.0. The highest BCUT2D eigenvalue weighted by Crippen LogP contribution is 2.34. The molecule has 134 valence electrons. The van der Waals surface area contributed by atoms with Gasteiger partial charge < -0.3 is 4.90 Å². The number of piperidine rings is 1. The molecule has 0 bridgehead atoms. The number of hydrogen-bond donors (Lipinski definition) is 0. The fraction of sp³-hybridized carbons (Fsp3) is 0.632. The van der Waals surface area contributed by atoms with Crippen molar-refractivity contribution in [3.63, 3.8) is 0 Å². The number of carbonyl (C=O) groups excluding carboxylic acids is 1. The Morgan fingerprint density at radius 2 is 2.00 bits per heavy atom. The van der Waals surface area contributed by atoms with Crippen LogP contribution in [0.4, 0.5) is 0 Å². The fourth-order valence-corrected chi connectivity index (χ4v) is 4.37. The van der Waals surface area contributed by atoms with Crippen LogP contribution in [-0.2, 0) is 7.05 Å². The predicted molar refractivity (Wildman–Crippen MR) is 95.4 cm³/mol. The molecule has 1 saturated carbocycles. The van der Waals surface area contributed by atoms with Gasteiger partial charge in [0.2, 0.25) is 0 Å². The van der Waals surface area contributed by atoms with Crippen LogP contribution in [0.3, 0.4) is 0 Å². The number of hydrogen-bond acceptors (Lipinski definition) is 3. The molecular formula is C19H27N5O. The lowest BCUT2D eigenvalue weighted by Crippen LogP contribution is -2.41. The maximum Gasteiger partial charge on any atom is 0.257 e. The van der Waals surface area contributed by atoms with Gasteiger partial charge in [-0.1, -0.05) is 19.3 Å². The summed E-state index contributed by atoms with van der Waals surface area (Å²) in [6, 6.07) is 2.23. The Labute approximate surface area is 148 Å². The highest BCUT2D eigenvalue weighted by molar-refractivity contribution is 5.95. The van der Waals surface area contributed by atoms with Gasteiger partial charge in [-0.05, 0) is 31.7 Å². The van der Waals surface area contributed by atoms with Gasteiger partial charge in [-0.3, -0.25) is 14.2 Å². The van der Waals surface area contributed by atoms with E-state index in [1.54, 1.807) is 0 Å². The molecule has 0 radical (unpaired) electrons. The molecule has 0 N–H and O–H groups in total. The first kappa shape index (κ1) is 16.4. The minimum absolute atomic E-state index is 0.144. The maximum atomic E-state index is 13.2. The highest BCUT2D eigenvalue weighted by atomic mass is 16.2. The second-order valence-electron chi connectivity index (χ2n) is 7.47. The summed E-state index contributed by atoms with van der Waals surface area (Å²) in [6.07, 6.45) is 14.0. The van der Waals surface area contributed by atoms with E-state index in [1.807, 2.05) is 46.0 Å². The van der Waals surface area contributed by atoms with Crippen LogP contribution in [0, 0.1) is 0 Å². The van der Waals surface area contributed by atoms with Crippen LogP contribution in [0.5, 0.6) is 0 Å². The van der Waals surface area contributed by atoms with Gasteiger partial charge >= 0.3 is 0 Å². The van der Waals surface area contributed by atoms with Gasteiger partial charge in [0.05, 0.1) is 17.3 Å². The van der Waals surface area contributed by atoms with Gasteiger partial charge in [0.1, 0.15) is 0 Å². The third-order valence-corrected chi connectivity index (χ3v) is 5.66. The Kier molecular flexibility index (Phi) is 4.59. The van der Waals surface area contributed by atoms with Crippen LogP contribution in [0.25, 0.3) is 0 Å². The van der Waals surface area contributed by atoms with E-state index < -0.39 is 0 Å². The van der Waals surface area contributed by atoms with Crippen molar-refractivity contribution in [1.82, 2.24) is 24.5 Å². The Balaban J connectivity index is 1.54. The summed E-state index contributed by atoms with van der Waals surface area (Å²) in [7, 11) is 1.92. The number of carbonyl (C=O) groups is 1. The molecule has 6 nitrogen and oxygen atoms in total. The average molecular weight is 341 g/mol. The van der Waals surface area contributed by atoms with Gasteiger partial charge in [-0.2, -0.15) is 10.2 Å².